The molecule has 1 aromatic heterocycles. The van der Waals surface area contributed by atoms with Crippen molar-refractivity contribution in [3.8, 4) is 0 Å². The average molecular weight is 431 g/mol. The van der Waals surface area contributed by atoms with E-state index >= 15 is 0 Å². The van der Waals surface area contributed by atoms with Gasteiger partial charge in [-0.3, -0.25) is 9.59 Å². The first-order chi connectivity index (χ1) is 14.0. The highest BCUT2D eigenvalue weighted by atomic mass is 35.5. The van der Waals surface area contributed by atoms with E-state index in [1.165, 1.54) is 0 Å². The maximum absolute atomic E-state index is 12.5. The van der Waals surface area contributed by atoms with Crippen LogP contribution in [0.1, 0.15) is 10.5 Å². The van der Waals surface area contributed by atoms with Gasteiger partial charge in [0.1, 0.15) is 5.69 Å². The first kappa shape index (κ1) is 19.6. The van der Waals surface area contributed by atoms with Gasteiger partial charge < -0.3 is 20.1 Å². The molecule has 8 heteroatoms. The molecule has 0 spiro atoms. The smallest absolute Gasteiger partial charge is 0.268 e. The van der Waals surface area contributed by atoms with Gasteiger partial charge in [-0.25, -0.2) is 0 Å². The minimum absolute atomic E-state index is 0.0356. The number of rotatable bonds is 4. The van der Waals surface area contributed by atoms with Gasteiger partial charge >= 0.3 is 0 Å². The van der Waals surface area contributed by atoms with Gasteiger partial charge in [0.15, 0.2) is 0 Å². The molecule has 1 saturated heterocycles. The van der Waals surface area contributed by atoms with Crippen LogP contribution in [0.5, 0.6) is 0 Å². The molecule has 0 aliphatic carbocycles. The number of H-pyrrole nitrogens is 1. The quantitative estimate of drug-likeness (QED) is 0.664. The van der Waals surface area contributed by atoms with Crippen LogP contribution in [0.25, 0.3) is 10.9 Å². The fourth-order valence-corrected chi connectivity index (χ4v) is 3.83. The predicted octanol–water partition coefficient (Wildman–Crippen LogP) is 3.55. The Labute approximate surface area is 178 Å². The zero-order valence-corrected chi connectivity index (χ0v) is 17.1. The Hall–Kier alpha value is -2.70. The number of anilines is 1. The number of benzene rings is 2. The average Bonchev–Trinajstić information content (AvgIpc) is 3.15. The van der Waals surface area contributed by atoms with Gasteiger partial charge in [-0.1, -0.05) is 35.3 Å². The van der Waals surface area contributed by atoms with E-state index in [4.69, 9.17) is 23.2 Å². The summed E-state index contributed by atoms with van der Waals surface area (Å²) in [7, 11) is 0. The number of nitrogens with zero attached hydrogens (tertiary/aromatic N) is 2. The van der Waals surface area contributed by atoms with E-state index in [0.717, 1.165) is 29.7 Å². The maximum atomic E-state index is 12.5. The number of halogens is 2. The van der Waals surface area contributed by atoms with Crippen molar-refractivity contribution < 1.29 is 9.59 Å². The second-order valence-corrected chi connectivity index (χ2v) is 7.82. The highest BCUT2D eigenvalue weighted by Gasteiger charge is 2.22. The molecule has 2 aromatic carbocycles. The molecule has 0 bridgehead atoms. The van der Waals surface area contributed by atoms with Crippen molar-refractivity contribution in [3.05, 3.63) is 64.3 Å². The number of carbonyl (C=O) groups is 2. The van der Waals surface area contributed by atoms with Gasteiger partial charge in [0.05, 0.1) is 6.54 Å². The summed E-state index contributed by atoms with van der Waals surface area (Å²) in [5, 5.41) is 4.88. The van der Waals surface area contributed by atoms with Crippen LogP contribution < -0.4 is 10.2 Å². The first-order valence-electron chi connectivity index (χ1n) is 9.34. The summed E-state index contributed by atoms with van der Waals surface area (Å²) in [6.45, 7) is 2.62. The van der Waals surface area contributed by atoms with Gasteiger partial charge in [-0.15, -0.1) is 0 Å². The van der Waals surface area contributed by atoms with E-state index in [0.29, 0.717) is 28.8 Å². The van der Waals surface area contributed by atoms with Crippen molar-refractivity contribution >= 4 is 51.6 Å². The first-order valence-corrected chi connectivity index (χ1v) is 10.1. The van der Waals surface area contributed by atoms with Gasteiger partial charge in [0.25, 0.3) is 5.91 Å². The number of hydrogen-bond acceptors (Lipinski definition) is 3. The summed E-state index contributed by atoms with van der Waals surface area (Å²) in [6, 6.07) is 14.8. The second kappa shape index (κ2) is 8.35. The minimum atomic E-state index is -0.316. The number of aromatic amines is 1. The molecule has 4 rings (SSSR count). The largest absolute Gasteiger partial charge is 0.368 e. The van der Waals surface area contributed by atoms with Crippen molar-refractivity contribution in [2.24, 2.45) is 0 Å². The Morgan fingerprint density at radius 1 is 0.966 bits per heavy atom. The molecule has 3 aromatic rings. The number of piperazine rings is 1. The van der Waals surface area contributed by atoms with Gasteiger partial charge in [0, 0.05) is 52.8 Å². The Kier molecular flexibility index (Phi) is 5.65. The third-order valence-electron chi connectivity index (χ3n) is 5.04. The summed E-state index contributed by atoms with van der Waals surface area (Å²) < 4.78 is 0. The van der Waals surface area contributed by atoms with Crippen molar-refractivity contribution in [2.45, 2.75) is 0 Å². The lowest BCUT2D eigenvalue weighted by atomic mass is 10.2. The third-order valence-corrected chi connectivity index (χ3v) is 5.51. The van der Waals surface area contributed by atoms with Crippen LogP contribution in [-0.4, -0.2) is 54.4 Å². The van der Waals surface area contributed by atoms with Crippen molar-refractivity contribution in [3.63, 3.8) is 0 Å². The van der Waals surface area contributed by atoms with Crippen LogP contribution in [0.3, 0.4) is 0 Å². The number of fused-ring (bicyclic) bond motifs is 1. The summed E-state index contributed by atoms with van der Waals surface area (Å²) in [6.07, 6.45) is 0. The van der Waals surface area contributed by atoms with E-state index in [-0.39, 0.29) is 18.4 Å². The number of amides is 2. The molecule has 1 aliphatic rings. The zero-order chi connectivity index (χ0) is 20.4. The van der Waals surface area contributed by atoms with Crippen molar-refractivity contribution in [1.29, 1.82) is 0 Å². The topological polar surface area (TPSA) is 68.4 Å². The molecule has 0 atom stereocenters. The molecular formula is C21H20Cl2N4O2. The molecule has 2 heterocycles. The van der Waals surface area contributed by atoms with E-state index in [2.05, 4.69) is 15.2 Å². The minimum Gasteiger partial charge on any atom is -0.368 e. The Morgan fingerprint density at radius 3 is 2.48 bits per heavy atom. The molecule has 2 amide bonds. The molecule has 6 nitrogen and oxygen atoms in total. The van der Waals surface area contributed by atoms with Crippen molar-refractivity contribution in [2.75, 3.05) is 37.6 Å². The van der Waals surface area contributed by atoms with Crippen LogP contribution in [0.4, 0.5) is 5.69 Å². The molecular weight excluding hydrogens is 411 g/mol. The molecule has 0 unspecified atom stereocenters. The zero-order valence-electron chi connectivity index (χ0n) is 15.6. The number of aromatic nitrogens is 1. The molecule has 1 fully saturated rings. The lowest BCUT2D eigenvalue weighted by Crippen LogP contribution is -2.51. The predicted molar refractivity (Wildman–Crippen MR) is 116 cm³/mol. The van der Waals surface area contributed by atoms with Crippen LogP contribution >= 0.6 is 23.2 Å². The van der Waals surface area contributed by atoms with E-state index < -0.39 is 0 Å². The van der Waals surface area contributed by atoms with Crippen LogP contribution in [0, 0.1) is 0 Å². The number of carbonyl (C=O) groups excluding carboxylic acids is 2. The maximum Gasteiger partial charge on any atom is 0.268 e. The van der Waals surface area contributed by atoms with E-state index in [1.54, 1.807) is 23.1 Å². The van der Waals surface area contributed by atoms with Gasteiger partial charge in [-0.05, 0) is 36.4 Å². The Balaban J connectivity index is 1.30. The lowest BCUT2D eigenvalue weighted by Gasteiger charge is -2.36. The van der Waals surface area contributed by atoms with Gasteiger partial charge in [0.2, 0.25) is 5.91 Å². The SMILES string of the molecule is O=C(NCC(=O)N1CCN(c2cccc(Cl)c2)CC1)c1cc2ccc(Cl)cc2[nH]1. The summed E-state index contributed by atoms with van der Waals surface area (Å²) in [5.41, 5.74) is 2.24. The van der Waals surface area contributed by atoms with E-state index in [9.17, 15) is 9.59 Å². The van der Waals surface area contributed by atoms with Crippen LogP contribution in [0.2, 0.25) is 10.0 Å². The Bertz CT molecular complexity index is 1060. The van der Waals surface area contributed by atoms with Crippen molar-refractivity contribution in [1.82, 2.24) is 15.2 Å². The normalized spacial score (nSPS) is 14.3. The summed E-state index contributed by atoms with van der Waals surface area (Å²) in [5.74, 6) is -0.411. The van der Waals surface area contributed by atoms with Gasteiger partial charge in [-0.2, -0.15) is 0 Å². The number of nitrogens with one attached hydrogen (secondary N) is 2. The fraction of sp³-hybridized carbons (Fsp3) is 0.238. The highest BCUT2D eigenvalue weighted by molar-refractivity contribution is 6.31. The summed E-state index contributed by atoms with van der Waals surface area (Å²) >= 11 is 12.0. The standard InChI is InChI=1S/C21H20Cl2N4O2/c22-15-2-1-3-17(11-15)26-6-8-27(9-7-26)20(28)13-24-21(29)19-10-14-4-5-16(23)12-18(14)25-19/h1-5,10-12,25H,6-9,13H2,(H,24,29). The molecule has 2 N–H and O–H groups in total. The van der Waals surface area contributed by atoms with Crippen LogP contribution in [-0.2, 0) is 4.79 Å². The van der Waals surface area contributed by atoms with E-state index in [1.807, 2.05) is 30.3 Å². The van der Waals surface area contributed by atoms with Crippen LogP contribution in [0.15, 0.2) is 48.5 Å². The summed E-state index contributed by atoms with van der Waals surface area (Å²) in [4.78, 5) is 31.9. The lowest BCUT2D eigenvalue weighted by molar-refractivity contribution is -0.130. The molecule has 150 valence electrons. The molecule has 0 saturated carbocycles. The number of hydrogen-bond donors (Lipinski definition) is 2. The molecule has 0 radical (unpaired) electrons. The fourth-order valence-electron chi connectivity index (χ4n) is 3.47. The highest BCUT2D eigenvalue weighted by Crippen LogP contribution is 2.21. The molecule has 1 aliphatic heterocycles. The Morgan fingerprint density at radius 2 is 1.72 bits per heavy atom. The second-order valence-electron chi connectivity index (χ2n) is 6.94. The molecule has 29 heavy (non-hydrogen) atoms. The third kappa shape index (κ3) is 4.49. The monoisotopic (exact) mass is 430 g/mol.